The van der Waals surface area contributed by atoms with Crippen LogP contribution in [0.25, 0.3) is 6.08 Å². The standard InChI is InChI=1S/C33H44N4O7/c1-7-19-17(5)31(42)36-29(19)30-33(44-30)18(6)22(10-12-28(40)41)26(37-33)14-25-21(9-11-27(38)39)16(4)23(34-25)13-24-15(3)20(8-2)32(43)35-24/h8,14-15,17,19,24,29-30,34-35,37,43H,2,7,9-13H2,1,3-6H3,(H,36,42)(H,38,39)(H,40,41)/b26-14-/t15?,17-,19-,24-,29+,30+,33-/m1/s1. The van der Waals surface area contributed by atoms with Crippen LogP contribution in [0.4, 0.5) is 0 Å². The monoisotopic (exact) mass is 608 g/mol. The van der Waals surface area contributed by atoms with Gasteiger partial charge in [-0.2, -0.15) is 0 Å². The number of hydrogen-bond donors (Lipinski definition) is 7. The molecule has 2 saturated heterocycles. The second-order valence-electron chi connectivity index (χ2n) is 12.6. The lowest BCUT2D eigenvalue weighted by molar-refractivity contribution is -0.138. The van der Waals surface area contributed by atoms with E-state index < -0.39 is 17.7 Å². The summed E-state index contributed by atoms with van der Waals surface area (Å²) in [5.74, 6) is -1.64. The normalized spacial score (nSPS) is 31.9. The maximum absolute atomic E-state index is 12.5. The molecule has 0 saturated carbocycles. The number of epoxide rings is 1. The molecule has 5 heterocycles. The third-order valence-corrected chi connectivity index (χ3v) is 10.3. The van der Waals surface area contributed by atoms with E-state index in [2.05, 4.69) is 34.4 Å². The summed E-state index contributed by atoms with van der Waals surface area (Å²) in [6, 6.07) is -0.243. The van der Waals surface area contributed by atoms with E-state index in [1.165, 1.54) is 0 Å². The Morgan fingerprint density at radius 2 is 1.75 bits per heavy atom. The molecule has 1 aromatic heterocycles. The Balaban J connectivity index is 1.49. The Bertz CT molecular complexity index is 1490. The molecule has 0 aromatic carbocycles. The van der Waals surface area contributed by atoms with Gasteiger partial charge in [-0.3, -0.25) is 14.4 Å². The van der Waals surface area contributed by atoms with Crippen molar-refractivity contribution >= 4 is 23.9 Å². The maximum atomic E-state index is 12.5. The third kappa shape index (κ3) is 5.42. The highest BCUT2D eigenvalue weighted by atomic mass is 16.6. The summed E-state index contributed by atoms with van der Waals surface area (Å²) in [4.78, 5) is 39.3. The molecule has 44 heavy (non-hydrogen) atoms. The van der Waals surface area contributed by atoms with E-state index in [0.717, 1.165) is 51.4 Å². The van der Waals surface area contributed by atoms with Gasteiger partial charge in [0.25, 0.3) is 0 Å². The second-order valence-corrected chi connectivity index (χ2v) is 12.6. The molecule has 0 radical (unpaired) electrons. The second kappa shape index (κ2) is 11.8. The minimum atomic E-state index is -0.907. The highest BCUT2D eigenvalue weighted by molar-refractivity contribution is 5.82. The molecule has 5 rings (SSSR count). The SMILES string of the molecule is C=CC1=C(O)N[C@H](Cc2[nH]c(/C=C3\N[C@@]4(O[C@H]4[C@H]4NC(=O)[C@H](C)[C@H]4CC)C(C)=C3CCC(=O)O)c(CCC(=O)O)c2C)C1C. The minimum Gasteiger partial charge on any atom is -0.495 e. The molecular formula is C33H44N4O7. The number of aromatic amines is 1. The molecule has 11 nitrogen and oxygen atoms in total. The Hall–Kier alpha value is -3.99. The molecule has 2 fully saturated rings. The van der Waals surface area contributed by atoms with Crippen LogP contribution >= 0.6 is 0 Å². The van der Waals surface area contributed by atoms with Crippen molar-refractivity contribution in [3.8, 4) is 0 Å². The zero-order chi connectivity index (χ0) is 32.1. The number of H-pyrrole nitrogens is 1. The summed E-state index contributed by atoms with van der Waals surface area (Å²) in [5.41, 5.74) is 5.88. The topological polar surface area (TPSA) is 176 Å². The quantitative estimate of drug-likeness (QED) is 0.174. The van der Waals surface area contributed by atoms with Crippen LogP contribution in [-0.2, 0) is 32.0 Å². The van der Waals surface area contributed by atoms with E-state index in [4.69, 9.17) is 4.74 Å². The lowest BCUT2D eigenvalue weighted by Gasteiger charge is -2.19. The fourth-order valence-corrected chi connectivity index (χ4v) is 7.47. The van der Waals surface area contributed by atoms with E-state index in [0.29, 0.717) is 12.8 Å². The zero-order valence-corrected chi connectivity index (χ0v) is 26.0. The number of aliphatic hydroxyl groups is 1. The average molecular weight is 609 g/mol. The molecule has 1 unspecified atom stereocenters. The summed E-state index contributed by atoms with van der Waals surface area (Å²) in [7, 11) is 0. The molecule has 4 aliphatic rings. The maximum Gasteiger partial charge on any atom is 0.303 e. The molecule has 238 valence electrons. The van der Waals surface area contributed by atoms with Crippen molar-refractivity contribution in [1.29, 1.82) is 0 Å². The number of aliphatic hydroxyl groups excluding tert-OH is 1. The minimum absolute atomic E-state index is 0.0151. The van der Waals surface area contributed by atoms with Crippen molar-refractivity contribution in [2.24, 2.45) is 17.8 Å². The van der Waals surface area contributed by atoms with Crippen molar-refractivity contribution in [2.45, 2.75) is 97.1 Å². The first-order valence-electron chi connectivity index (χ1n) is 15.5. The Labute approximate surface area is 257 Å². The average Bonchev–Trinajstić information content (AvgIpc) is 3.24. The Morgan fingerprint density at radius 1 is 1.07 bits per heavy atom. The largest absolute Gasteiger partial charge is 0.495 e. The fourth-order valence-electron chi connectivity index (χ4n) is 7.47. The summed E-state index contributed by atoms with van der Waals surface area (Å²) in [6.45, 7) is 13.8. The van der Waals surface area contributed by atoms with Gasteiger partial charge >= 0.3 is 11.9 Å². The number of carbonyl (C=O) groups excluding carboxylic acids is 1. The number of aromatic nitrogens is 1. The van der Waals surface area contributed by atoms with E-state index >= 15 is 0 Å². The van der Waals surface area contributed by atoms with Crippen molar-refractivity contribution in [1.82, 2.24) is 20.9 Å². The highest BCUT2D eigenvalue weighted by Gasteiger charge is 2.67. The summed E-state index contributed by atoms with van der Waals surface area (Å²) >= 11 is 0. The first-order valence-corrected chi connectivity index (χ1v) is 15.5. The van der Waals surface area contributed by atoms with Gasteiger partial charge < -0.3 is 41.0 Å². The van der Waals surface area contributed by atoms with E-state index in [-0.39, 0.29) is 67.0 Å². The van der Waals surface area contributed by atoms with Crippen LogP contribution in [0, 0.1) is 24.7 Å². The molecule has 0 aliphatic carbocycles. The van der Waals surface area contributed by atoms with Crippen LogP contribution in [0.2, 0.25) is 0 Å². The van der Waals surface area contributed by atoms with E-state index in [9.17, 15) is 29.7 Å². The third-order valence-electron chi connectivity index (χ3n) is 10.3. The van der Waals surface area contributed by atoms with Gasteiger partial charge in [0.05, 0.1) is 6.04 Å². The van der Waals surface area contributed by atoms with Gasteiger partial charge in [-0.05, 0) is 61.0 Å². The first-order chi connectivity index (χ1) is 20.8. The highest BCUT2D eigenvalue weighted by Crippen LogP contribution is 2.53. The van der Waals surface area contributed by atoms with Gasteiger partial charge in [0.1, 0.15) is 6.10 Å². The van der Waals surface area contributed by atoms with Gasteiger partial charge in [0.2, 0.25) is 5.91 Å². The molecule has 1 spiro atoms. The van der Waals surface area contributed by atoms with Gasteiger partial charge in [0, 0.05) is 59.8 Å². The molecule has 1 aromatic rings. The van der Waals surface area contributed by atoms with Gasteiger partial charge in [-0.1, -0.05) is 39.8 Å². The van der Waals surface area contributed by atoms with Crippen LogP contribution in [0.15, 0.2) is 41.0 Å². The molecular weight excluding hydrogens is 564 g/mol. The number of carboxylic acid groups (broad SMARTS) is 2. The predicted molar refractivity (Wildman–Crippen MR) is 164 cm³/mol. The first kappa shape index (κ1) is 31.4. The number of carboxylic acids is 2. The zero-order valence-electron chi connectivity index (χ0n) is 26.0. The number of nitrogens with one attached hydrogen (secondary N) is 4. The van der Waals surface area contributed by atoms with Gasteiger partial charge in [0.15, 0.2) is 11.6 Å². The molecule has 4 aliphatic heterocycles. The number of allylic oxidation sites excluding steroid dienone is 2. The molecule has 1 amide bonds. The fraction of sp³-hybridized carbons (Fsp3) is 0.545. The van der Waals surface area contributed by atoms with Crippen molar-refractivity contribution in [2.75, 3.05) is 0 Å². The van der Waals surface area contributed by atoms with Crippen LogP contribution < -0.4 is 16.0 Å². The molecule has 11 heteroatoms. The number of ether oxygens (including phenoxy) is 1. The molecule has 7 atom stereocenters. The Morgan fingerprint density at radius 3 is 2.36 bits per heavy atom. The summed E-state index contributed by atoms with van der Waals surface area (Å²) in [5, 5.41) is 39.2. The van der Waals surface area contributed by atoms with Crippen molar-refractivity contribution in [3.05, 3.63) is 63.5 Å². The Kier molecular flexibility index (Phi) is 8.45. The predicted octanol–water partition coefficient (Wildman–Crippen LogP) is 3.83. The number of amides is 1. The lowest BCUT2D eigenvalue weighted by atomic mass is 9.85. The smallest absolute Gasteiger partial charge is 0.303 e. The lowest BCUT2D eigenvalue weighted by Crippen LogP contribution is -2.41. The van der Waals surface area contributed by atoms with Crippen LogP contribution in [0.5, 0.6) is 0 Å². The van der Waals surface area contributed by atoms with Crippen molar-refractivity contribution in [3.63, 3.8) is 0 Å². The number of rotatable bonds is 12. The molecule has 0 bridgehead atoms. The van der Waals surface area contributed by atoms with E-state index in [1.54, 1.807) is 6.08 Å². The molecule has 7 N–H and O–H groups in total. The van der Waals surface area contributed by atoms with Crippen molar-refractivity contribution < 1.29 is 34.4 Å². The van der Waals surface area contributed by atoms with Crippen LogP contribution in [-0.4, -0.2) is 62.1 Å². The van der Waals surface area contributed by atoms with Gasteiger partial charge in [-0.25, -0.2) is 0 Å². The summed E-state index contributed by atoms with van der Waals surface area (Å²) in [6.07, 6.45) is 5.19. The van der Waals surface area contributed by atoms with Gasteiger partial charge in [-0.15, -0.1) is 0 Å². The van der Waals surface area contributed by atoms with E-state index in [1.807, 2.05) is 33.8 Å². The number of carbonyl (C=O) groups is 3. The summed E-state index contributed by atoms with van der Waals surface area (Å²) < 4.78 is 6.36. The number of aliphatic carboxylic acids is 2. The van der Waals surface area contributed by atoms with Crippen LogP contribution in [0.1, 0.15) is 75.9 Å². The number of hydrogen-bond acceptors (Lipinski definition) is 7. The van der Waals surface area contributed by atoms with Crippen LogP contribution in [0.3, 0.4) is 0 Å².